The van der Waals surface area contributed by atoms with Crippen molar-refractivity contribution in [1.29, 1.82) is 0 Å². The first-order chi connectivity index (χ1) is 6.63. The Balaban J connectivity index is -0.000000105. The van der Waals surface area contributed by atoms with Crippen LogP contribution < -0.4 is 0 Å². The van der Waals surface area contributed by atoms with Gasteiger partial charge in [-0.3, -0.25) is 4.98 Å². The molecule has 1 rings (SSSR count). The number of aryl methyl sites for hydroxylation is 3. The first-order valence-electron chi connectivity index (χ1n) is 4.12. The molecule has 0 amide bonds. The van der Waals surface area contributed by atoms with E-state index in [4.69, 9.17) is 0 Å². The molecule has 0 spiro atoms. The summed E-state index contributed by atoms with van der Waals surface area (Å²) in [6.45, 7) is 6.11. The van der Waals surface area contributed by atoms with Crippen LogP contribution in [0.1, 0.15) is 31.8 Å². The van der Waals surface area contributed by atoms with Crippen molar-refractivity contribution in [2.24, 2.45) is 0 Å². The molecule has 9 heteroatoms. The van der Waals surface area contributed by atoms with E-state index in [0.717, 1.165) is 11.4 Å². The van der Waals surface area contributed by atoms with Crippen LogP contribution >= 0.6 is 7.81 Å². The summed E-state index contributed by atoms with van der Waals surface area (Å²) in [4.78, 5) is 4.23. The molecule has 1 heterocycles. The molecule has 19 heavy (non-hydrogen) atoms. The SMILES string of the molecule is C.C.Cc1cc(C)nc(C)c1.F[P-](F)(F)(F)(F)F.[Ag+]. The fourth-order valence-corrected chi connectivity index (χ4v) is 1.04. The summed E-state index contributed by atoms with van der Waals surface area (Å²) in [7, 11) is -10.7. The Morgan fingerprint density at radius 2 is 1.00 bits per heavy atom. The fraction of sp³-hybridized carbons (Fsp3) is 0.500. The van der Waals surface area contributed by atoms with Gasteiger partial charge in [-0.05, 0) is 38.5 Å². The predicted molar refractivity (Wildman–Crippen MR) is 65.5 cm³/mol. The van der Waals surface area contributed by atoms with E-state index in [1.54, 1.807) is 0 Å². The van der Waals surface area contributed by atoms with Gasteiger partial charge in [-0.25, -0.2) is 0 Å². The minimum atomic E-state index is -10.7. The molecule has 0 aliphatic heterocycles. The van der Waals surface area contributed by atoms with Gasteiger partial charge in [0.15, 0.2) is 0 Å². The van der Waals surface area contributed by atoms with Crippen molar-refractivity contribution in [2.45, 2.75) is 35.6 Å². The maximum absolute atomic E-state index is 10.7. The fourth-order valence-electron chi connectivity index (χ4n) is 1.04. The molecule has 122 valence electrons. The van der Waals surface area contributed by atoms with E-state index < -0.39 is 7.81 Å². The Bertz CT molecular complexity index is 327. The molecule has 0 atom stereocenters. The van der Waals surface area contributed by atoms with Crippen LogP contribution in [0.2, 0.25) is 0 Å². The van der Waals surface area contributed by atoms with Crippen molar-refractivity contribution in [3.63, 3.8) is 0 Å². The van der Waals surface area contributed by atoms with Crippen LogP contribution in [0.5, 0.6) is 0 Å². The molecule has 0 unspecified atom stereocenters. The van der Waals surface area contributed by atoms with Crippen LogP contribution in [-0.4, -0.2) is 4.98 Å². The minimum Gasteiger partial charge on any atom is 1.00 e. The van der Waals surface area contributed by atoms with Gasteiger partial charge in [0.05, 0.1) is 0 Å². The number of halogens is 6. The van der Waals surface area contributed by atoms with Crippen LogP contribution in [0, 0.1) is 20.8 Å². The van der Waals surface area contributed by atoms with Crippen molar-refractivity contribution >= 4 is 7.81 Å². The minimum absolute atomic E-state index is 0. The third kappa shape index (κ3) is 32.0. The zero-order chi connectivity index (χ0) is 13.3. The molecule has 0 aliphatic rings. The van der Waals surface area contributed by atoms with Crippen LogP contribution in [0.3, 0.4) is 0 Å². The van der Waals surface area contributed by atoms with Crippen molar-refractivity contribution in [3.8, 4) is 0 Å². The summed E-state index contributed by atoms with van der Waals surface area (Å²) < 4.78 is 59.2. The van der Waals surface area contributed by atoms with Crippen molar-refractivity contribution in [1.82, 2.24) is 4.98 Å². The van der Waals surface area contributed by atoms with E-state index in [1.165, 1.54) is 5.56 Å². The van der Waals surface area contributed by atoms with E-state index in [-0.39, 0.29) is 37.2 Å². The van der Waals surface area contributed by atoms with Crippen LogP contribution in [0.15, 0.2) is 12.1 Å². The molecular formula is C10H19AgF6NP. The largest absolute Gasteiger partial charge is 1.00 e. The Hall–Kier alpha value is -0.0997. The molecule has 0 aliphatic carbocycles. The summed E-state index contributed by atoms with van der Waals surface area (Å²) in [5.41, 5.74) is 3.50. The van der Waals surface area contributed by atoms with Gasteiger partial charge >= 0.3 is 55.4 Å². The van der Waals surface area contributed by atoms with E-state index in [9.17, 15) is 25.2 Å². The second-order valence-corrected chi connectivity index (χ2v) is 5.30. The van der Waals surface area contributed by atoms with Gasteiger partial charge in [-0.1, -0.05) is 14.9 Å². The van der Waals surface area contributed by atoms with Gasteiger partial charge in [0.25, 0.3) is 0 Å². The molecule has 1 aromatic rings. The van der Waals surface area contributed by atoms with E-state index in [2.05, 4.69) is 24.0 Å². The average Bonchev–Trinajstić information content (AvgIpc) is 1.73. The number of hydrogen-bond acceptors (Lipinski definition) is 1. The second-order valence-electron chi connectivity index (χ2n) is 3.39. The maximum atomic E-state index is 9.87. The Morgan fingerprint density at radius 1 is 0.789 bits per heavy atom. The Morgan fingerprint density at radius 3 is 1.16 bits per heavy atom. The topological polar surface area (TPSA) is 12.9 Å². The summed E-state index contributed by atoms with van der Waals surface area (Å²) >= 11 is 0. The Kier molecular flexibility index (Phi) is 10.1. The predicted octanol–water partition coefficient (Wildman–Crippen LogP) is 6.66. The van der Waals surface area contributed by atoms with Crippen LogP contribution in [0.4, 0.5) is 25.2 Å². The molecule has 0 radical (unpaired) electrons. The Labute approximate surface area is 125 Å². The van der Waals surface area contributed by atoms with Gasteiger partial charge < -0.3 is 0 Å². The molecule has 0 saturated carbocycles. The van der Waals surface area contributed by atoms with Gasteiger partial charge in [0.1, 0.15) is 0 Å². The summed E-state index contributed by atoms with van der Waals surface area (Å²) in [5, 5.41) is 0. The first kappa shape index (κ1) is 27.3. The van der Waals surface area contributed by atoms with E-state index in [0.29, 0.717) is 0 Å². The molecule has 0 bridgehead atoms. The van der Waals surface area contributed by atoms with Crippen molar-refractivity contribution in [2.75, 3.05) is 0 Å². The molecular weight excluding hydrogens is 387 g/mol. The maximum Gasteiger partial charge on any atom is 1.00 e. The zero-order valence-corrected chi connectivity index (χ0v) is 11.5. The molecule has 1 nitrogen and oxygen atoms in total. The number of pyridine rings is 1. The second kappa shape index (κ2) is 7.07. The number of rotatable bonds is 0. The van der Waals surface area contributed by atoms with Gasteiger partial charge in [0, 0.05) is 11.4 Å². The molecule has 0 N–H and O–H groups in total. The third-order valence-electron chi connectivity index (χ3n) is 1.23. The van der Waals surface area contributed by atoms with Crippen LogP contribution in [-0.2, 0) is 22.4 Å². The van der Waals surface area contributed by atoms with Crippen molar-refractivity contribution in [3.05, 3.63) is 29.1 Å². The summed E-state index contributed by atoms with van der Waals surface area (Å²) in [5.74, 6) is 0. The quantitative estimate of drug-likeness (QED) is 0.267. The normalized spacial score (nSPS) is 13.1. The number of nitrogens with zero attached hydrogens (tertiary/aromatic N) is 1. The van der Waals surface area contributed by atoms with Gasteiger partial charge in [-0.2, -0.15) is 0 Å². The van der Waals surface area contributed by atoms with E-state index >= 15 is 0 Å². The van der Waals surface area contributed by atoms with Crippen LogP contribution in [0.25, 0.3) is 0 Å². The molecule has 0 fully saturated rings. The zero-order valence-electron chi connectivity index (χ0n) is 9.12. The van der Waals surface area contributed by atoms with Gasteiger partial charge in [0.2, 0.25) is 0 Å². The van der Waals surface area contributed by atoms with E-state index in [1.807, 2.05) is 13.8 Å². The monoisotopic (exact) mass is 405 g/mol. The summed E-state index contributed by atoms with van der Waals surface area (Å²) in [6.07, 6.45) is 0. The smallest absolute Gasteiger partial charge is 1.00 e. The third-order valence-corrected chi connectivity index (χ3v) is 1.23. The number of hydrogen-bond donors (Lipinski definition) is 0. The van der Waals surface area contributed by atoms with Gasteiger partial charge in [-0.15, -0.1) is 0 Å². The van der Waals surface area contributed by atoms with Crippen molar-refractivity contribution < 1.29 is 47.6 Å². The number of aromatic nitrogens is 1. The first-order valence-corrected chi connectivity index (χ1v) is 6.14. The summed E-state index contributed by atoms with van der Waals surface area (Å²) in [6, 6.07) is 4.15. The molecule has 1 aromatic heterocycles. The molecule has 0 saturated heterocycles. The average molecular weight is 406 g/mol. The standard InChI is InChI=1S/C8H11N.2CH4.Ag.F6P/c1-6-4-7(2)9-8(3)5-6;;;;1-7(2,3,4,5)6/h4-5H,1-3H3;2*1H4;;/q;;;+1;-1. The molecule has 0 aromatic carbocycles.